The van der Waals surface area contributed by atoms with Gasteiger partial charge in [-0.25, -0.2) is 0 Å². The van der Waals surface area contributed by atoms with Crippen LogP contribution in [0.2, 0.25) is 0 Å². The topological polar surface area (TPSA) is 58.3 Å². The van der Waals surface area contributed by atoms with E-state index in [2.05, 4.69) is 72.8 Å². The predicted molar refractivity (Wildman–Crippen MR) is 140 cm³/mol. The van der Waals surface area contributed by atoms with Gasteiger partial charge in [-0.05, 0) is 69.8 Å². The lowest BCUT2D eigenvalue weighted by Gasteiger charge is -2.29. The summed E-state index contributed by atoms with van der Waals surface area (Å²) in [5.74, 6) is 0.951. The maximum absolute atomic E-state index is 10.6. The van der Waals surface area contributed by atoms with Crippen LogP contribution in [0.3, 0.4) is 0 Å². The number of benzene rings is 3. The molecule has 0 bridgehead atoms. The molecule has 3 nitrogen and oxygen atoms in total. The van der Waals surface area contributed by atoms with Gasteiger partial charge in [0.05, 0.1) is 0 Å². The van der Waals surface area contributed by atoms with Gasteiger partial charge in [0.15, 0.2) is 0 Å². The van der Waals surface area contributed by atoms with Crippen molar-refractivity contribution in [1.29, 1.82) is 0 Å². The molecule has 32 heavy (non-hydrogen) atoms. The quantitative estimate of drug-likeness (QED) is 0.366. The highest BCUT2D eigenvalue weighted by Crippen LogP contribution is 2.40. The SMILES string of the molecule is CC(C)c1cc(C(C)(C)C)c(O)c(C(C)(C)C)c1.Nc1ccc(Nc2ccccc2)cc1. The third-order valence-corrected chi connectivity index (χ3v) is 5.39. The van der Waals surface area contributed by atoms with E-state index in [0.717, 1.165) is 28.2 Å². The number of phenolic OH excluding ortho intramolecular Hbond substituents is 1. The first-order valence-corrected chi connectivity index (χ1v) is 11.3. The van der Waals surface area contributed by atoms with E-state index >= 15 is 0 Å². The van der Waals surface area contributed by atoms with Crippen molar-refractivity contribution in [2.24, 2.45) is 0 Å². The van der Waals surface area contributed by atoms with Crippen LogP contribution in [0, 0.1) is 0 Å². The van der Waals surface area contributed by atoms with Gasteiger partial charge in [-0.3, -0.25) is 0 Å². The Kier molecular flexibility index (Phi) is 8.01. The lowest BCUT2D eigenvalue weighted by atomic mass is 9.77. The summed E-state index contributed by atoms with van der Waals surface area (Å²) in [6.45, 7) is 17.3. The Labute approximate surface area is 194 Å². The number of nitrogen functional groups attached to an aromatic ring is 1. The molecule has 0 atom stereocenters. The standard InChI is InChI=1S/C17H28O.C12H12N2/c1-11(2)12-9-13(16(3,4)5)15(18)14(10-12)17(6,7)8;13-10-6-8-12(9-7-10)14-11-4-2-1-3-5-11/h9-11,18H,1-8H3;1-9,14H,13H2. The number of nitrogens with two attached hydrogens (primary N) is 1. The first kappa shape index (κ1) is 25.3. The number of para-hydroxylation sites is 1. The van der Waals surface area contributed by atoms with E-state index < -0.39 is 0 Å². The Hall–Kier alpha value is -2.94. The van der Waals surface area contributed by atoms with E-state index in [1.54, 1.807) is 0 Å². The summed E-state index contributed by atoms with van der Waals surface area (Å²) >= 11 is 0. The smallest absolute Gasteiger partial charge is 0.123 e. The van der Waals surface area contributed by atoms with E-state index in [9.17, 15) is 5.11 Å². The number of hydrogen-bond acceptors (Lipinski definition) is 3. The van der Waals surface area contributed by atoms with E-state index in [-0.39, 0.29) is 10.8 Å². The molecule has 0 spiro atoms. The second-order valence-corrected chi connectivity index (χ2v) is 10.7. The Bertz CT molecular complexity index is 957. The summed E-state index contributed by atoms with van der Waals surface area (Å²) in [5.41, 5.74) is 11.9. The van der Waals surface area contributed by atoms with Gasteiger partial charge in [-0.15, -0.1) is 0 Å². The van der Waals surface area contributed by atoms with E-state index in [1.165, 1.54) is 5.56 Å². The molecule has 172 valence electrons. The Morgan fingerprint density at radius 2 is 1.16 bits per heavy atom. The molecule has 0 saturated heterocycles. The van der Waals surface area contributed by atoms with Crippen LogP contribution in [0.5, 0.6) is 5.75 Å². The third-order valence-electron chi connectivity index (χ3n) is 5.39. The average molecular weight is 433 g/mol. The molecule has 3 aromatic rings. The normalized spacial score (nSPS) is 11.7. The van der Waals surface area contributed by atoms with Gasteiger partial charge in [-0.2, -0.15) is 0 Å². The highest BCUT2D eigenvalue weighted by atomic mass is 16.3. The van der Waals surface area contributed by atoms with Gasteiger partial charge in [0.2, 0.25) is 0 Å². The maximum atomic E-state index is 10.6. The fourth-order valence-electron chi connectivity index (χ4n) is 3.39. The largest absolute Gasteiger partial charge is 0.507 e. The second-order valence-electron chi connectivity index (χ2n) is 10.7. The molecule has 0 unspecified atom stereocenters. The van der Waals surface area contributed by atoms with E-state index in [1.807, 2.05) is 54.6 Å². The van der Waals surface area contributed by atoms with Crippen LogP contribution in [0.15, 0.2) is 66.7 Å². The average Bonchev–Trinajstić information content (AvgIpc) is 2.69. The highest BCUT2D eigenvalue weighted by Gasteiger charge is 2.26. The summed E-state index contributed by atoms with van der Waals surface area (Å²) < 4.78 is 0. The molecule has 0 heterocycles. The summed E-state index contributed by atoms with van der Waals surface area (Å²) in [4.78, 5) is 0. The number of anilines is 3. The molecule has 4 N–H and O–H groups in total. The molecule has 0 saturated carbocycles. The maximum Gasteiger partial charge on any atom is 0.123 e. The van der Waals surface area contributed by atoms with Gasteiger partial charge in [-0.1, -0.05) is 85.7 Å². The van der Waals surface area contributed by atoms with E-state index in [0.29, 0.717) is 11.7 Å². The molecule has 3 rings (SSSR count). The van der Waals surface area contributed by atoms with Crippen LogP contribution >= 0.6 is 0 Å². The summed E-state index contributed by atoms with van der Waals surface area (Å²) in [5, 5.41) is 13.8. The van der Waals surface area contributed by atoms with E-state index in [4.69, 9.17) is 5.73 Å². The van der Waals surface area contributed by atoms with Crippen molar-refractivity contribution in [1.82, 2.24) is 0 Å². The van der Waals surface area contributed by atoms with Crippen LogP contribution in [0.25, 0.3) is 0 Å². The Morgan fingerprint density at radius 1 is 0.719 bits per heavy atom. The number of phenols is 1. The van der Waals surface area contributed by atoms with Crippen LogP contribution in [-0.4, -0.2) is 5.11 Å². The minimum atomic E-state index is -0.0328. The minimum absolute atomic E-state index is 0.0328. The molecule has 0 aliphatic heterocycles. The summed E-state index contributed by atoms with van der Waals surface area (Å²) in [7, 11) is 0. The fraction of sp³-hybridized carbons (Fsp3) is 0.379. The fourth-order valence-corrected chi connectivity index (χ4v) is 3.39. The molecular formula is C29H40N2O. The predicted octanol–water partition coefficient (Wildman–Crippen LogP) is 8.12. The van der Waals surface area contributed by atoms with Gasteiger partial charge in [0, 0.05) is 17.1 Å². The van der Waals surface area contributed by atoms with Crippen molar-refractivity contribution in [2.45, 2.75) is 72.1 Å². The first-order valence-electron chi connectivity index (χ1n) is 11.3. The molecule has 0 radical (unpaired) electrons. The molecule has 0 fully saturated rings. The summed E-state index contributed by atoms with van der Waals surface area (Å²) in [6.07, 6.45) is 0. The van der Waals surface area contributed by atoms with Gasteiger partial charge < -0.3 is 16.2 Å². The number of rotatable bonds is 3. The van der Waals surface area contributed by atoms with Crippen LogP contribution < -0.4 is 11.1 Å². The Morgan fingerprint density at radius 3 is 1.56 bits per heavy atom. The van der Waals surface area contributed by atoms with Crippen LogP contribution in [-0.2, 0) is 10.8 Å². The second kappa shape index (κ2) is 10.1. The lowest BCUT2D eigenvalue weighted by molar-refractivity contribution is 0.422. The van der Waals surface area contributed by atoms with Crippen LogP contribution in [0.4, 0.5) is 17.1 Å². The van der Waals surface area contributed by atoms with Gasteiger partial charge >= 0.3 is 0 Å². The molecule has 3 heteroatoms. The van der Waals surface area contributed by atoms with Crippen molar-refractivity contribution in [3.05, 3.63) is 83.4 Å². The van der Waals surface area contributed by atoms with Crippen LogP contribution in [0.1, 0.15) is 78.0 Å². The van der Waals surface area contributed by atoms with Gasteiger partial charge in [0.1, 0.15) is 5.75 Å². The van der Waals surface area contributed by atoms with Crippen molar-refractivity contribution in [3.8, 4) is 5.75 Å². The van der Waals surface area contributed by atoms with Crippen molar-refractivity contribution >= 4 is 17.1 Å². The zero-order valence-electron chi connectivity index (χ0n) is 21.0. The van der Waals surface area contributed by atoms with Gasteiger partial charge in [0.25, 0.3) is 0 Å². The highest BCUT2D eigenvalue weighted by molar-refractivity contribution is 5.61. The zero-order valence-corrected chi connectivity index (χ0v) is 21.0. The molecule has 3 aromatic carbocycles. The molecule has 0 aliphatic rings. The molecular weight excluding hydrogens is 392 g/mol. The minimum Gasteiger partial charge on any atom is -0.507 e. The first-order chi connectivity index (χ1) is 14.8. The van der Waals surface area contributed by atoms with Crippen molar-refractivity contribution < 1.29 is 5.11 Å². The van der Waals surface area contributed by atoms with Crippen molar-refractivity contribution in [2.75, 3.05) is 11.1 Å². The molecule has 0 aliphatic carbocycles. The zero-order chi connectivity index (χ0) is 24.1. The number of nitrogens with one attached hydrogen (secondary N) is 1. The third kappa shape index (κ3) is 7.05. The van der Waals surface area contributed by atoms with Crippen molar-refractivity contribution in [3.63, 3.8) is 0 Å². The lowest BCUT2D eigenvalue weighted by Crippen LogP contribution is -2.18. The Balaban J connectivity index is 0.000000233. The molecule has 0 aromatic heterocycles. The molecule has 0 amide bonds. The monoisotopic (exact) mass is 432 g/mol. The number of aromatic hydroxyl groups is 1. The summed E-state index contributed by atoms with van der Waals surface area (Å²) in [6, 6.07) is 22.0. The number of hydrogen-bond donors (Lipinski definition) is 3.